The van der Waals surface area contributed by atoms with E-state index in [0.717, 1.165) is 25.3 Å². The summed E-state index contributed by atoms with van der Waals surface area (Å²) < 4.78 is 15.0. The van der Waals surface area contributed by atoms with Gasteiger partial charge in [0.05, 0.1) is 27.0 Å². The van der Waals surface area contributed by atoms with E-state index in [4.69, 9.17) is 30.8 Å². The van der Waals surface area contributed by atoms with Gasteiger partial charge in [0.25, 0.3) is 0 Å². The predicted octanol–water partition coefficient (Wildman–Crippen LogP) is 4.47. The van der Waals surface area contributed by atoms with Crippen LogP contribution in [0.3, 0.4) is 0 Å². The molecule has 186 valence electrons. The van der Waals surface area contributed by atoms with Crippen LogP contribution in [0.4, 0.5) is 0 Å². The van der Waals surface area contributed by atoms with Crippen LogP contribution in [0.25, 0.3) is 0 Å². The van der Waals surface area contributed by atoms with Crippen molar-refractivity contribution in [2.45, 2.75) is 12.0 Å². The largest absolute Gasteiger partial charge is 0.468 e. The Kier molecular flexibility index (Phi) is 9.36. The van der Waals surface area contributed by atoms with Crippen molar-refractivity contribution in [2.24, 2.45) is 10.9 Å². The number of esters is 3. The van der Waals surface area contributed by atoms with Crippen LogP contribution in [0.15, 0.2) is 89.9 Å². The molecule has 7 nitrogen and oxygen atoms in total. The summed E-state index contributed by atoms with van der Waals surface area (Å²) in [5.74, 6) is -5.16. The topological polar surface area (TPSA) is 91.3 Å². The molecule has 0 bridgehead atoms. The van der Waals surface area contributed by atoms with Crippen LogP contribution in [0.2, 0.25) is 5.02 Å². The predicted molar refractivity (Wildman–Crippen MR) is 136 cm³/mol. The van der Waals surface area contributed by atoms with Gasteiger partial charge in [-0.05, 0) is 17.7 Å². The molecule has 0 aromatic heterocycles. The number of carbonyl (C=O) groups excluding carboxylic acids is 3. The first kappa shape index (κ1) is 26.6. The van der Waals surface area contributed by atoms with E-state index < -0.39 is 35.8 Å². The number of carbonyl (C=O) groups is 3. The van der Waals surface area contributed by atoms with Gasteiger partial charge in [-0.2, -0.15) is 0 Å². The molecular weight excluding hydrogens is 482 g/mol. The third kappa shape index (κ3) is 6.17. The van der Waals surface area contributed by atoms with E-state index in [2.05, 4.69) is 0 Å². The standard InChI is InChI=1S/C28H26ClNO6/c1-34-26(31)23(27(32)35-2)22(20-15-10-16-21(29)17-20)25(28(33)36-3)30-24(18-11-6-4-7-12-18)19-13-8-5-9-14-19/h4-17,22-23,25H,1-3H3/t22-,25-/m1/s1. The fraction of sp³-hybridized carbons (Fsp3) is 0.214. The Hall–Kier alpha value is -3.97. The SMILES string of the molecule is COC(=O)C(C(=O)OC)[C@@H](c1cccc(Cl)c1)[C@@H](N=C(c1ccccc1)c1ccccc1)C(=O)OC. The maximum Gasteiger partial charge on any atom is 0.331 e. The van der Waals surface area contributed by atoms with Crippen molar-refractivity contribution in [3.05, 3.63) is 107 Å². The van der Waals surface area contributed by atoms with Gasteiger partial charge in [-0.25, -0.2) is 4.79 Å². The number of nitrogens with zero attached hydrogens (tertiary/aromatic N) is 1. The average molecular weight is 508 g/mol. The average Bonchev–Trinajstić information content (AvgIpc) is 2.92. The molecule has 2 atom stereocenters. The molecule has 0 N–H and O–H groups in total. The molecule has 0 aliphatic carbocycles. The van der Waals surface area contributed by atoms with Gasteiger partial charge in [0, 0.05) is 22.1 Å². The molecule has 8 heteroatoms. The molecule has 0 fully saturated rings. The number of hydrogen-bond acceptors (Lipinski definition) is 7. The van der Waals surface area contributed by atoms with E-state index in [-0.39, 0.29) is 0 Å². The zero-order valence-electron chi connectivity index (χ0n) is 20.1. The van der Waals surface area contributed by atoms with Crippen LogP contribution in [0.5, 0.6) is 0 Å². The van der Waals surface area contributed by atoms with Crippen LogP contribution in [0, 0.1) is 5.92 Å². The van der Waals surface area contributed by atoms with Crippen LogP contribution in [-0.4, -0.2) is 51.0 Å². The third-order valence-corrected chi connectivity index (χ3v) is 5.88. The van der Waals surface area contributed by atoms with Gasteiger partial charge in [0.1, 0.15) is 0 Å². The molecule has 0 aliphatic rings. The molecule has 3 aromatic carbocycles. The summed E-state index contributed by atoms with van der Waals surface area (Å²) in [7, 11) is 3.53. The summed E-state index contributed by atoms with van der Waals surface area (Å²) in [6, 6.07) is 23.7. The fourth-order valence-electron chi connectivity index (χ4n) is 3.96. The monoisotopic (exact) mass is 507 g/mol. The van der Waals surface area contributed by atoms with Gasteiger partial charge >= 0.3 is 17.9 Å². The summed E-state index contributed by atoms with van der Waals surface area (Å²) in [6.45, 7) is 0. The Bertz CT molecular complexity index is 1170. The molecule has 3 rings (SSSR count). The van der Waals surface area contributed by atoms with Crippen molar-refractivity contribution in [1.29, 1.82) is 0 Å². The van der Waals surface area contributed by atoms with E-state index in [0.29, 0.717) is 16.3 Å². The number of benzene rings is 3. The van der Waals surface area contributed by atoms with Gasteiger partial charge in [-0.15, -0.1) is 0 Å². The van der Waals surface area contributed by atoms with E-state index in [1.807, 2.05) is 60.7 Å². The highest BCUT2D eigenvalue weighted by molar-refractivity contribution is 6.30. The van der Waals surface area contributed by atoms with Crippen LogP contribution < -0.4 is 0 Å². The molecule has 0 radical (unpaired) electrons. The Morgan fingerprint density at radius 1 is 0.694 bits per heavy atom. The quantitative estimate of drug-likeness (QED) is 0.184. The smallest absolute Gasteiger partial charge is 0.331 e. The normalized spacial score (nSPS) is 12.2. The highest BCUT2D eigenvalue weighted by Gasteiger charge is 2.45. The van der Waals surface area contributed by atoms with Crippen molar-refractivity contribution in [1.82, 2.24) is 0 Å². The van der Waals surface area contributed by atoms with Gasteiger partial charge in [-0.3, -0.25) is 14.6 Å². The first-order chi connectivity index (χ1) is 17.4. The molecular formula is C28H26ClNO6. The lowest BCUT2D eigenvalue weighted by Crippen LogP contribution is -2.41. The number of methoxy groups -OCH3 is 3. The van der Waals surface area contributed by atoms with Gasteiger partial charge < -0.3 is 14.2 Å². The third-order valence-electron chi connectivity index (χ3n) is 5.65. The van der Waals surface area contributed by atoms with E-state index in [1.54, 1.807) is 24.3 Å². The summed E-state index contributed by atoms with van der Waals surface area (Å²) in [6.07, 6.45) is 0. The van der Waals surface area contributed by atoms with Gasteiger partial charge in [0.15, 0.2) is 12.0 Å². The zero-order valence-corrected chi connectivity index (χ0v) is 20.8. The minimum atomic E-state index is -1.51. The molecule has 0 heterocycles. The fourth-order valence-corrected chi connectivity index (χ4v) is 4.16. The summed E-state index contributed by atoms with van der Waals surface area (Å²) in [5, 5.41) is 0.352. The molecule has 0 saturated carbocycles. The highest BCUT2D eigenvalue weighted by Crippen LogP contribution is 2.35. The lowest BCUT2D eigenvalue weighted by Gasteiger charge is -2.28. The first-order valence-electron chi connectivity index (χ1n) is 11.1. The Labute approximate surface area is 214 Å². The number of ether oxygens (including phenoxy) is 3. The van der Waals surface area contributed by atoms with E-state index in [9.17, 15) is 14.4 Å². The molecule has 0 saturated heterocycles. The van der Waals surface area contributed by atoms with Crippen molar-refractivity contribution in [3.8, 4) is 0 Å². The molecule has 0 aliphatic heterocycles. The van der Waals surface area contributed by atoms with E-state index >= 15 is 0 Å². The van der Waals surface area contributed by atoms with Crippen molar-refractivity contribution in [2.75, 3.05) is 21.3 Å². The minimum absolute atomic E-state index is 0.352. The molecule has 36 heavy (non-hydrogen) atoms. The van der Waals surface area contributed by atoms with Gasteiger partial charge in [0.2, 0.25) is 0 Å². The minimum Gasteiger partial charge on any atom is -0.468 e. The maximum absolute atomic E-state index is 13.3. The highest BCUT2D eigenvalue weighted by atomic mass is 35.5. The lowest BCUT2D eigenvalue weighted by molar-refractivity contribution is -0.161. The molecule has 0 amide bonds. The van der Waals surface area contributed by atoms with Crippen molar-refractivity contribution < 1.29 is 28.6 Å². The second-order valence-electron chi connectivity index (χ2n) is 7.78. The van der Waals surface area contributed by atoms with Crippen LogP contribution in [-0.2, 0) is 28.6 Å². The van der Waals surface area contributed by atoms with Crippen LogP contribution in [0.1, 0.15) is 22.6 Å². The lowest BCUT2D eigenvalue weighted by atomic mass is 9.80. The van der Waals surface area contributed by atoms with Crippen molar-refractivity contribution >= 4 is 35.2 Å². The second-order valence-corrected chi connectivity index (χ2v) is 8.22. The molecule has 0 unspecified atom stereocenters. The zero-order chi connectivity index (χ0) is 26.1. The Morgan fingerprint density at radius 2 is 1.19 bits per heavy atom. The maximum atomic E-state index is 13.3. The number of aliphatic imine (C=N–C) groups is 1. The first-order valence-corrected chi connectivity index (χ1v) is 11.5. The summed E-state index contributed by atoms with van der Waals surface area (Å²) in [5.41, 5.74) is 2.36. The summed E-state index contributed by atoms with van der Waals surface area (Å²) >= 11 is 6.25. The summed E-state index contributed by atoms with van der Waals surface area (Å²) in [4.78, 5) is 43.9. The molecule has 3 aromatic rings. The Morgan fingerprint density at radius 3 is 1.64 bits per heavy atom. The second kappa shape index (κ2) is 12.7. The number of halogens is 1. The van der Waals surface area contributed by atoms with Crippen LogP contribution >= 0.6 is 11.6 Å². The number of rotatable bonds is 9. The van der Waals surface area contributed by atoms with E-state index in [1.165, 1.54) is 7.11 Å². The number of hydrogen-bond donors (Lipinski definition) is 0. The van der Waals surface area contributed by atoms with Crippen molar-refractivity contribution in [3.63, 3.8) is 0 Å². The molecule has 0 spiro atoms. The van der Waals surface area contributed by atoms with Gasteiger partial charge in [-0.1, -0.05) is 84.4 Å². The Balaban J connectivity index is 2.33.